The number of nitrogen functional groups attached to an aromatic ring is 1. The summed E-state index contributed by atoms with van der Waals surface area (Å²) in [4.78, 5) is 33.3. The summed E-state index contributed by atoms with van der Waals surface area (Å²) in [5.74, 6) is -0.195. The van der Waals surface area contributed by atoms with Crippen molar-refractivity contribution >= 4 is 45.7 Å². The lowest BCUT2D eigenvalue weighted by atomic mass is 9.98. The van der Waals surface area contributed by atoms with Crippen molar-refractivity contribution in [2.24, 2.45) is 5.16 Å². The number of oxime groups is 1. The third kappa shape index (κ3) is 3.35. The molecule has 0 radical (unpaired) electrons. The Morgan fingerprint density at radius 2 is 2.12 bits per heavy atom. The maximum Gasteiger partial charge on any atom is 0.341 e. The summed E-state index contributed by atoms with van der Waals surface area (Å²) in [7, 11) is 1.57. The number of rotatable bonds is 4. The van der Waals surface area contributed by atoms with Crippen LogP contribution in [0.4, 0.5) is 11.4 Å². The van der Waals surface area contributed by atoms with Crippen LogP contribution in [0.5, 0.6) is 0 Å². The average molecular weight is 455 g/mol. The van der Waals surface area contributed by atoms with E-state index < -0.39 is 11.4 Å². The topological polar surface area (TPSA) is 110 Å². The molecule has 3 aliphatic rings. The van der Waals surface area contributed by atoms with E-state index in [1.165, 1.54) is 16.7 Å². The predicted octanol–water partition coefficient (Wildman–Crippen LogP) is 3.53. The standard InChI is InChI=1S/C23H26N4O4S/c1-12-20-14(22(28)16(23(29)30)11-27(20)13-3-4-13)9-17(24)21(12)26-7-5-19-15(10-26)18(25-31-2)6-8-32-19/h9,11,13H,3-8,10,24H2,1-2H3,(H,29,30)/b25-18+. The van der Waals surface area contributed by atoms with E-state index in [4.69, 9.17) is 10.6 Å². The molecule has 1 aliphatic carbocycles. The third-order valence-electron chi connectivity index (χ3n) is 6.50. The zero-order valence-electron chi connectivity index (χ0n) is 18.2. The van der Waals surface area contributed by atoms with Crippen LogP contribution in [0, 0.1) is 6.92 Å². The minimum absolute atomic E-state index is 0.205. The predicted molar refractivity (Wildman–Crippen MR) is 128 cm³/mol. The van der Waals surface area contributed by atoms with Crippen LogP contribution >= 0.6 is 11.8 Å². The van der Waals surface area contributed by atoms with Crippen molar-refractivity contribution in [1.82, 2.24) is 4.57 Å². The quantitative estimate of drug-likeness (QED) is 0.537. The van der Waals surface area contributed by atoms with Crippen LogP contribution in [0.2, 0.25) is 0 Å². The fraction of sp³-hybridized carbons (Fsp3) is 0.435. The van der Waals surface area contributed by atoms with Gasteiger partial charge in [-0.05, 0) is 42.7 Å². The number of aromatic carboxylic acids is 1. The second kappa shape index (κ2) is 7.88. The van der Waals surface area contributed by atoms with Gasteiger partial charge in [0, 0.05) is 48.5 Å². The van der Waals surface area contributed by atoms with Gasteiger partial charge < -0.3 is 25.1 Å². The average Bonchev–Trinajstić information content (AvgIpc) is 3.60. The molecule has 9 heteroatoms. The maximum absolute atomic E-state index is 13.0. The van der Waals surface area contributed by atoms with Crippen LogP contribution in [-0.4, -0.2) is 47.3 Å². The SMILES string of the molecule is CO/N=C1\CCSC2=C1CN(c1c(N)cc3c(=O)c(C(=O)O)cn(C4CC4)c3c1C)CC2. The molecule has 1 saturated carbocycles. The molecule has 3 heterocycles. The molecule has 1 fully saturated rings. The van der Waals surface area contributed by atoms with E-state index in [0.717, 1.165) is 60.5 Å². The second-order valence-electron chi connectivity index (χ2n) is 8.54. The molecule has 168 valence electrons. The molecule has 5 rings (SSSR count). The number of carboxylic acid groups (broad SMARTS) is 1. The zero-order valence-corrected chi connectivity index (χ0v) is 19.0. The van der Waals surface area contributed by atoms with E-state index in [1.54, 1.807) is 13.2 Å². The van der Waals surface area contributed by atoms with Gasteiger partial charge in [0.1, 0.15) is 12.7 Å². The summed E-state index contributed by atoms with van der Waals surface area (Å²) in [6.07, 6.45) is 5.24. The highest BCUT2D eigenvalue weighted by Crippen LogP contribution is 2.43. The number of carbonyl (C=O) groups is 1. The fourth-order valence-corrected chi connectivity index (χ4v) is 6.06. The molecular weight excluding hydrogens is 428 g/mol. The normalized spacial score (nSPS) is 20.1. The molecule has 1 aromatic carbocycles. The van der Waals surface area contributed by atoms with Crippen molar-refractivity contribution in [2.75, 3.05) is 36.6 Å². The number of nitrogens with zero attached hydrogens (tertiary/aromatic N) is 3. The molecule has 1 aromatic heterocycles. The van der Waals surface area contributed by atoms with E-state index >= 15 is 0 Å². The molecular formula is C23H26N4O4S. The van der Waals surface area contributed by atoms with E-state index in [2.05, 4.69) is 10.1 Å². The van der Waals surface area contributed by atoms with Crippen molar-refractivity contribution in [3.8, 4) is 0 Å². The number of benzene rings is 1. The van der Waals surface area contributed by atoms with Crippen LogP contribution in [0.1, 0.15) is 47.6 Å². The van der Waals surface area contributed by atoms with Gasteiger partial charge in [0.15, 0.2) is 0 Å². The van der Waals surface area contributed by atoms with Gasteiger partial charge >= 0.3 is 5.97 Å². The molecule has 32 heavy (non-hydrogen) atoms. The van der Waals surface area contributed by atoms with E-state index in [9.17, 15) is 14.7 Å². The molecule has 0 unspecified atom stereocenters. The fourth-order valence-electron chi connectivity index (χ4n) is 4.93. The number of hydrogen-bond acceptors (Lipinski definition) is 7. The summed E-state index contributed by atoms with van der Waals surface area (Å²) in [5.41, 5.74) is 11.1. The van der Waals surface area contributed by atoms with Crippen LogP contribution in [0.3, 0.4) is 0 Å². The molecule has 0 bridgehead atoms. The highest BCUT2D eigenvalue weighted by Gasteiger charge is 2.31. The number of thioether (sulfide) groups is 1. The van der Waals surface area contributed by atoms with Crippen molar-refractivity contribution in [2.45, 2.75) is 38.6 Å². The van der Waals surface area contributed by atoms with Crippen molar-refractivity contribution in [1.29, 1.82) is 0 Å². The van der Waals surface area contributed by atoms with Gasteiger partial charge in [-0.3, -0.25) is 4.79 Å². The summed E-state index contributed by atoms with van der Waals surface area (Å²) in [6, 6.07) is 1.88. The summed E-state index contributed by atoms with van der Waals surface area (Å²) in [6.45, 7) is 3.49. The summed E-state index contributed by atoms with van der Waals surface area (Å²) < 4.78 is 1.97. The maximum atomic E-state index is 13.0. The largest absolute Gasteiger partial charge is 0.477 e. The van der Waals surface area contributed by atoms with Crippen LogP contribution < -0.4 is 16.1 Å². The molecule has 3 N–H and O–H groups in total. The first-order valence-electron chi connectivity index (χ1n) is 10.8. The van der Waals surface area contributed by atoms with Gasteiger partial charge in [0.05, 0.1) is 22.6 Å². The number of aryl methyl sites for hydroxylation is 1. The molecule has 2 aromatic rings. The van der Waals surface area contributed by atoms with Gasteiger partial charge in [0.25, 0.3) is 0 Å². The summed E-state index contributed by atoms with van der Waals surface area (Å²) >= 11 is 1.89. The Labute approximate surface area is 189 Å². The number of pyridine rings is 1. The highest BCUT2D eigenvalue weighted by molar-refractivity contribution is 8.03. The molecule has 0 spiro atoms. The lowest BCUT2D eigenvalue weighted by Gasteiger charge is -2.36. The Kier molecular flexibility index (Phi) is 5.16. The second-order valence-corrected chi connectivity index (χ2v) is 9.73. The third-order valence-corrected chi connectivity index (χ3v) is 7.71. The zero-order chi connectivity index (χ0) is 22.6. The number of fused-ring (bicyclic) bond motifs is 1. The first kappa shape index (κ1) is 20.9. The van der Waals surface area contributed by atoms with Gasteiger partial charge in [-0.2, -0.15) is 0 Å². The van der Waals surface area contributed by atoms with Crippen LogP contribution in [0.25, 0.3) is 10.9 Å². The number of anilines is 2. The van der Waals surface area contributed by atoms with E-state index in [1.807, 2.05) is 23.3 Å². The molecule has 0 amide bonds. The van der Waals surface area contributed by atoms with Gasteiger partial charge in [-0.15, -0.1) is 11.8 Å². The smallest absolute Gasteiger partial charge is 0.341 e. The Bertz CT molecular complexity index is 1260. The van der Waals surface area contributed by atoms with Crippen LogP contribution in [0.15, 0.2) is 32.7 Å². The number of carboxylic acids is 1. The lowest BCUT2D eigenvalue weighted by molar-refractivity contribution is 0.0695. The Morgan fingerprint density at radius 3 is 2.81 bits per heavy atom. The highest BCUT2D eigenvalue weighted by atomic mass is 32.2. The minimum Gasteiger partial charge on any atom is -0.477 e. The number of hydrogen-bond donors (Lipinski definition) is 2. The van der Waals surface area contributed by atoms with Gasteiger partial charge in [-0.25, -0.2) is 4.79 Å². The molecule has 0 atom stereocenters. The van der Waals surface area contributed by atoms with Crippen molar-refractivity contribution in [3.63, 3.8) is 0 Å². The Balaban J connectivity index is 1.66. The van der Waals surface area contributed by atoms with Gasteiger partial charge in [-0.1, -0.05) is 5.16 Å². The summed E-state index contributed by atoms with van der Waals surface area (Å²) in [5, 5.41) is 14.2. The molecule has 0 saturated heterocycles. The van der Waals surface area contributed by atoms with E-state index in [0.29, 0.717) is 17.6 Å². The van der Waals surface area contributed by atoms with Crippen molar-refractivity contribution in [3.05, 3.63) is 44.1 Å². The lowest BCUT2D eigenvalue weighted by Crippen LogP contribution is -2.36. The van der Waals surface area contributed by atoms with Crippen LogP contribution in [-0.2, 0) is 4.84 Å². The van der Waals surface area contributed by atoms with Gasteiger partial charge in [0.2, 0.25) is 5.43 Å². The monoisotopic (exact) mass is 454 g/mol. The number of nitrogens with two attached hydrogens (primary N) is 1. The number of aromatic nitrogens is 1. The molecule has 8 nitrogen and oxygen atoms in total. The first-order chi connectivity index (χ1) is 15.4. The van der Waals surface area contributed by atoms with Crippen molar-refractivity contribution < 1.29 is 14.7 Å². The first-order valence-corrected chi connectivity index (χ1v) is 11.8. The Morgan fingerprint density at radius 1 is 1.34 bits per heavy atom. The molecule has 2 aliphatic heterocycles. The minimum atomic E-state index is -1.21. The Hall–Kier alpha value is -2.94. The van der Waals surface area contributed by atoms with E-state index in [-0.39, 0.29) is 11.6 Å².